The van der Waals surface area contributed by atoms with Gasteiger partial charge in [0.15, 0.2) is 0 Å². The molecule has 4 aliphatic rings. The molecule has 0 nitrogen and oxygen atoms in total. The first-order valence-electron chi connectivity index (χ1n) is 18.2. The molecule has 4 aromatic rings. The quantitative estimate of drug-likeness (QED) is 0.186. The van der Waals surface area contributed by atoms with Crippen molar-refractivity contribution in [1.82, 2.24) is 0 Å². The van der Waals surface area contributed by atoms with E-state index in [1.807, 2.05) is 0 Å². The van der Waals surface area contributed by atoms with Crippen molar-refractivity contribution in [2.24, 2.45) is 0 Å². The molecule has 0 spiro atoms. The van der Waals surface area contributed by atoms with Crippen molar-refractivity contribution >= 4 is 12.2 Å². The number of allylic oxidation sites excluding steroid dienone is 2. The molecule has 0 amide bonds. The van der Waals surface area contributed by atoms with E-state index < -0.39 is 20.0 Å². The average molecular weight is 854 g/mol. The summed E-state index contributed by atoms with van der Waals surface area (Å²) in [5, 5.41) is 0. The van der Waals surface area contributed by atoms with Crippen LogP contribution < -0.4 is 24.8 Å². The smallest absolute Gasteiger partial charge is 1.00 e. The summed E-state index contributed by atoms with van der Waals surface area (Å²) in [4.78, 5) is 0. The summed E-state index contributed by atoms with van der Waals surface area (Å²) in [5.41, 5.74) is 18.5. The Bertz CT molecular complexity index is 1790. The summed E-state index contributed by atoms with van der Waals surface area (Å²) < 4.78 is 3.40. The molecule has 0 N–H and O–H groups in total. The fourth-order valence-corrected chi connectivity index (χ4v) is 45.9. The zero-order valence-electron chi connectivity index (χ0n) is 30.6. The third kappa shape index (κ3) is 5.83. The molecular weight excluding hydrogens is 802 g/mol. The minimum atomic E-state index is -3.13. The standard InChI is InChI=1S/2C20H21.C6H10.2ClH.Hf/c2*1-14-12-16-6-5-7-18(19(16)13-14)15-8-10-17(11-9-15)20(2,3)4;1-2-4-6-5-3-1;;;/h2*5-13H,1-4H3;1-2H,3-6H2;2*1H;/q;;;;;+2/p-2. The SMILES string of the molecule is CC1=Cc2c(-c3ccc(C(C)(C)C)cc3)cccc2[CH]1[Hf+2]1([CH]2C(C)=Cc3c(-c4ccc(C(C)(C)C)cc4)cccc32)[CH]2CCCC[CH]21.[Cl-].[Cl-]. The van der Waals surface area contributed by atoms with Crippen LogP contribution in [0.25, 0.3) is 34.4 Å². The predicted octanol–water partition coefficient (Wildman–Crippen LogP) is 7.56. The van der Waals surface area contributed by atoms with Gasteiger partial charge in [-0.05, 0) is 0 Å². The molecule has 1 saturated carbocycles. The molecule has 2 fully saturated rings. The van der Waals surface area contributed by atoms with E-state index in [-0.39, 0.29) is 35.6 Å². The molecule has 254 valence electrons. The monoisotopic (exact) mass is 854 g/mol. The Morgan fingerprint density at radius 1 is 0.510 bits per heavy atom. The van der Waals surface area contributed by atoms with Gasteiger partial charge in [0, 0.05) is 0 Å². The molecule has 0 aromatic heterocycles. The number of halogens is 2. The first kappa shape index (κ1) is 36.6. The van der Waals surface area contributed by atoms with E-state index in [1.54, 1.807) is 22.3 Å². The minimum absolute atomic E-state index is 0. The Hall–Kier alpha value is -2.19. The van der Waals surface area contributed by atoms with Crippen LogP contribution in [0.1, 0.15) is 122 Å². The van der Waals surface area contributed by atoms with E-state index in [9.17, 15) is 0 Å². The number of rotatable bonds is 4. The van der Waals surface area contributed by atoms with Crippen LogP contribution in [-0.4, -0.2) is 0 Å². The Morgan fingerprint density at radius 3 is 1.22 bits per heavy atom. The Kier molecular flexibility index (Phi) is 9.78. The van der Waals surface area contributed by atoms with Gasteiger partial charge in [-0.1, -0.05) is 0 Å². The molecule has 1 saturated heterocycles. The summed E-state index contributed by atoms with van der Waals surface area (Å²) in [6.07, 6.45) is 11.1. The van der Waals surface area contributed by atoms with Crippen LogP contribution >= 0.6 is 0 Å². The van der Waals surface area contributed by atoms with Crippen molar-refractivity contribution in [3.05, 3.63) is 129 Å². The average Bonchev–Trinajstić information content (AvgIpc) is 3.35. The van der Waals surface area contributed by atoms with Crippen molar-refractivity contribution < 1.29 is 44.8 Å². The van der Waals surface area contributed by atoms with Gasteiger partial charge in [0.05, 0.1) is 0 Å². The fourth-order valence-electron chi connectivity index (χ4n) is 10.5. The Morgan fingerprint density at radius 2 is 0.878 bits per heavy atom. The zero-order valence-corrected chi connectivity index (χ0v) is 35.7. The van der Waals surface area contributed by atoms with Crippen LogP contribution in [0, 0.1) is 0 Å². The number of hydrogen-bond donors (Lipinski definition) is 0. The van der Waals surface area contributed by atoms with Crippen molar-refractivity contribution in [3.8, 4) is 22.3 Å². The third-order valence-corrected chi connectivity index (χ3v) is 38.1. The molecule has 1 aliphatic heterocycles. The number of fused-ring (bicyclic) bond motifs is 3. The second-order valence-corrected chi connectivity index (χ2v) is 34.1. The molecule has 49 heavy (non-hydrogen) atoms. The molecular formula is C46H52Cl2Hf. The van der Waals surface area contributed by atoms with Crippen LogP contribution in [-0.2, 0) is 30.8 Å². The van der Waals surface area contributed by atoms with E-state index in [0.717, 1.165) is 7.35 Å². The first-order valence-corrected chi connectivity index (χ1v) is 26.5. The van der Waals surface area contributed by atoms with Gasteiger partial charge in [0.25, 0.3) is 0 Å². The topological polar surface area (TPSA) is 0 Å². The van der Waals surface area contributed by atoms with Crippen molar-refractivity contribution in [2.45, 2.75) is 107 Å². The molecule has 3 aliphatic carbocycles. The van der Waals surface area contributed by atoms with E-state index in [0.29, 0.717) is 7.35 Å². The fraction of sp³-hybridized carbons (Fsp3) is 0.391. The number of hydrogen-bond acceptors (Lipinski definition) is 0. The van der Waals surface area contributed by atoms with E-state index in [1.165, 1.54) is 70.2 Å². The molecule has 0 radical (unpaired) electrons. The maximum Gasteiger partial charge on any atom is -1.00 e. The summed E-state index contributed by atoms with van der Waals surface area (Å²) in [6, 6.07) is 33.5. The van der Waals surface area contributed by atoms with Crippen LogP contribution in [0.4, 0.5) is 0 Å². The maximum atomic E-state index is 2.63. The van der Waals surface area contributed by atoms with Crippen molar-refractivity contribution in [2.75, 3.05) is 0 Å². The molecule has 4 atom stereocenters. The number of benzene rings is 4. The van der Waals surface area contributed by atoms with E-state index in [2.05, 4.69) is 152 Å². The normalized spacial score (nSPS) is 23.9. The van der Waals surface area contributed by atoms with Crippen LogP contribution in [0.2, 0.25) is 7.35 Å². The molecule has 4 aromatic carbocycles. The van der Waals surface area contributed by atoms with Gasteiger partial charge in [-0.3, -0.25) is 0 Å². The van der Waals surface area contributed by atoms with Gasteiger partial charge in [-0.15, -0.1) is 0 Å². The van der Waals surface area contributed by atoms with Gasteiger partial charge < -0.3 is 24.8 Å². The van der Waals surface area contributed by atoms with Crippen LogP contribution in [0.15, 0.2) is 96.1 Å². The van der Waals surface area contributed by atoms with E-state index in [4.69, 9.17) is 0 Å². The summed E-state index contributed by atoms with van der Waals surface area (Å²) in [7, 11) is 0. The van der Waals surface area contributed by atoms with Gasteiger partial charge in [-0.25, -0.2) is 0 Å². The molecule has 8 rings (SSSR count). The minimum Gasteiger partial charge on any atom is -1.00 e. The maximum absolute atomic E-state index is 3.13. The Labute approximate surface area is 313 Å². The predicted molar refractivity (Wildman–Crippen MR) is 200 cm³/mol. The van der Waals surface area contributed by atoms with Gasteiger partial charge in [-0.2, -0.15) is 0 Å². The van der Waals surface area contributed by atoms with Gasteiger partial charge in [0.2, 0.25) is 0 Å². The van der Waals surface area contributed by atoms with Crippen molar-refractivity contribution in [1.29, 1.82) is 0 Å². The molecule has 4 unspecified atom stereocenters. The molecule has 1 heterocycles. The summed E-state index contributed by atoms with van der Waals surface area (Å²) in [5.74, 6) is 0. The molecule has 0 bridgehead atoms. The van der Waals surface area contributed by atoms with Crippen LogP contribution in [0.5, 0.6) is 0 Å². The summed E-state index contributed by atoms with van der Waals surface area (Å²) in [6.45, 7) is 18.9. The largest absolute Gasteiger partial charge is 1.00 e. The molecule has 3 heteroatoms. The second kappa shape index (κ2) is 13.1. The Balaban J connectivity index is 0.00000208. The third-order valence-electron chi connectivity index (χ3n) is 12.6. The summed E-state index contributed by atoms with van der Waals surface area (Å²) >= 11 is -3.13. The second-order valence-electron chi connectivity index (χ2n) is 17.4. The first-order chi connectivity index (χ1) is 22.4. The van der Waals surface area contributed by atoms with Crippen molar-refractivity contribution in [3.63, 3.8) is 0 Å². The van der Waals surface area contributed by atoms with Gasteiger partial charge >= 0.3 is 290 Å². The van der Waals surface area contributed by atoms with E-state index >= 15 is 0 Å². The van der Waals surface area contributed by atoms with Crippen LogP contribution in [0.3, 0.4) is 0 Å². The zero-order chi connectivity index (χ0) is 32.9. The van der Waals surface area contributed by atoms with Gasteiger partial charge in [0.1, 0.15) is 0 Å².